The number of hydrogen-bond acceptors (Lipinski definition) is 4. The van der Waals surface area contributed by atoms with E-state index in [9.17, 15) is 14.4 Å². The van der Waals surface area contributed by atoms with E-state index in [1.807, 2.05) is 24.3 Å². The van der Waals surface area contributed by atoms with Gasteiger partial charge in [0.1, 0.15) is 11.8 Å². The first-order chi connectivity index (χ1) is 18.2. The number of imide groups is 1. The summed E-state index contributed by atoms with van der Waals surface area (Å²) in [5.74, 6) is -1.26. The number of fused-ring (bicyclic) bond motifs is 1. The topological polar surface area (TPSA) is 66.9 Å². The Hall–Kier alpha value is -2.29. The summed E-state index contributed by atoms with van der Waals surface area (Å²) in [7, 11) is 0. The van der Waals surface area contributed by atoms with Gasteiger partial charge in [0, 0.05) is 10.2 Å². The lowest BCUT2D eigenvalue weighted by Gasteiger charge is -2.49. The van der Waals surface area contributed by atoms with E-state index in [-0.39, 0.29) is 31.2 Å². The van der Waals surface area contributed by atoms with Crippen molar-refractivity contribution in [3.05, 3.63) is 89.8 Å². The monoisotopic (exact) mass is 654 g/mol. The number of amides is 3. The van der Waals surface area contributed by atoms with Crippen molar-refractivity contribution in [3.8, 4) is 5.75 Å². The summed E-state index contributed by atoms with van der Waals surface area (Å²) >= 11 is 28.4. The molecule has 2 aliphatic rings. The highest BCUT2D eigenvalue weighted by atomic mass is 79.9. The molecule has 38 heavy (non-hydrogen) atoms. The van der Waals surface area contributed by atoms with Crippen molar-refractivity contribution in [2.24, 2.45) is 0 Å². The second-order valence-electron chi connectivity index (χ2n) is 8.83. The molecule has 5 rings (SSSR count). The number of nitrogens with zero attached hydrogens (tertiary/aromatic N) is 2. The van der Waals surface area contributed by atoms with Crippen LogP contribution in [0.3, 0.4) is 0 Å². The zero-order valence-electron chi connectivity index (χ0n) is 19.8. The highest BCUT2D eigenvalue weighted by molar-refractivity contribution is 9.10. The smallest absolute Gasteiger partial charge is 0.264 e. The van der Waals surface area contributed by atoms with Gasteiger partial charge in [-0.3, -0.25) is 19.3 Å². The summed E-state index contributed by atoms with van der Waals surface area (Å²) in [6.45, 7) is 2.67. The highest BCUT2D eigenvalue weighted by Crippen LogP contribution is 2.49. The van der Waals surface area contributed by atoms with Gasteiger partial charge < -0.3 is 9.64 Å². The van der Waals surface area contributed by atoms with Crippen LogP contribution in [0.5, 0.6) is 5.75 Å². The fraction of sp³-hybridized carbons (Fsp3) is 0.222. The third-order valence-electron chi connectivity index (χ3n) is 6.57. The number of β-lactam (4-membered cyclic amide) rings is 1. The van der Waals surface area contributed by atoms with Gasteiger partial charge in [0.05, 0.1) is 43.9 Å². The van der Waals surface area contributed by atoms with Gasteiger partial charge in [0.2, 0.25) is 0 Å². The second-order valence-corrected chi connectivity index (χ2v) is 11.3. The summed E-state index contributed by atoms with van der Waals surface area (Å²) in [6, 6.07) is 12.6. The molecule has 0 saturated carbocycles. The number of rotatable bonds is 7. The molecule has 2 aliphatic heterocycles. The summed E-state index contributed by atoms with van der Waals surface area (Å²) < 4.78 is 6.61. The molecule has 1 fully saturated rings. The minimum absolute atomic E-state index is 0.133. The minimum atomic E-state index is -1.14. The first kappa shape index (κ1) is 27.3. The molecule has 0 radical (unpaired) electrons. The van der Waals surface area contributed by atoms with Crippen LogP contribution in [0.1, 0.15) is 52.1 Å². The van der Waals surface area contributed by atoms with Crippen molar-refractivity contribution in [3.63, 3.8) is 0 Å². The van der Waals surface area contributed by atoms with Crippen LogP contribution < -0.4 is 9.64 Å². The van der Waals surface area contributed by atoms with Crippen LogP contribution in [0.4, 0.5) is 5.69 Å². The van der Waals surface area contributed by atoms with Crippen molar-refractivity contribution < 1.29 is 19.1 Å². The summed E-state index contributed by atoms with van der Waals surface area (Å²) in [4.78, 5) is 43.2. The molecule has 3 aromatic carbocycles. The molecule has 2 heterocycles. The Bertz CT molecular complexity index is 1420. The molecule has 0 unspecified atom stereocenters. The Kier molecular flexibility index (Phi) is 7.68. The molecule has 6 nitrogen and oxygen atoms in total. The van der Waals surface area contributed by atoms with Gasteiger partial charge in [-0.1, -0.05) is 87.8 Å². The van der Waals surface area contributed by atoms with Gasteiger partial charge in [-0.25, -0.2) is 0 Å². The predicted molar refractivity (Wildman–Crippen MR) is 152 cm³/mol. The standard InChI is InChI=1S/C27H19BrCl4N2O4/c1-2-3-12-38-16-10-4-13(5-11-16)23-24(27(37)33(23)15-8-6-14(28)7-9-15)34-25(35)17-18(26(34)36)20(30)22(32)21(31)19(17)29/h4-11,23-24H,2-3,12H2,1H3/t23-,24+/m1/s1. The lowest BCUT2D eigenvalue weighted by atomic mass is 9.86. The maximum atomic E-state index is 13.6. The van der Waals surface area contributed by atoms with Gasteiger partial charge in [-0.05, 0) is 48.4 Å². The van der Waals surface area contributed by atoms with Crippen LogP contribution in [0.2, 0.25) is 20.1 Å². The lowest BCUT2D eigenvalue weighted by Crippen LogP contribution is -2.67. The molecule has 196 valence electrons. The molecule has 11 heteroatoms. The van der Waals surface area contributed by atoms with Crippen molar-refractivity contribution in [2.75, 3.05) is 11.5 Å². The fourth-order valence-corrected chi connectivity index (χ4v) is 5.94. The normalized spacial score (nSPS) is 18.6. The number of halogens is 5. The molecule has 0 N–H and O–H groups in total. The molecule has 0 aromatic heterocycles. The minimum Gasteiger partial charge on any atom is -0.494 e. The summed E-state index contributed by atoms with van der Waals surface area (Å²) in [5.41, 5.74) is 1.00. The van der Waals surface area contributed by atoms with Gasteiger partial charge in [-0.15, -0.1) is 0 Å². The number of carbonyl (C=O) groups is 3. The Morgan fingerprint density at radius 2 is 1.32 bits per heavy atom. The number of benzene rings is 3. The zero-order valence-corrected chi connectivity index (χ0v) is 24.4. The molecule has 3 aromatic rings. The fourth-order valence-electron chi connectivity index (χ4n) is 4.66. The van der Waals surface area contributed by atoms with E-state index in [1.54, 1.807) is 29.2 Å². The number of unbranched alkanes of at least 4 members (excludes halogenated alkanes) is 1. The van der Waals surface area contributed by atoms with Crippen LogP contribution in [0.15, 0.2) is 53.0 Å². The number of anilines is 1. The number of carbonyl (C=O) groups excluding carboxylic acids is 3. The molecule has 0 spiro atoms. The second kappa shape index (κ2) is 10.7. The number of hydrogen-bond donors (Lipinski definition) is 0. The van der Waals surface area contributed by atoms with Crippen molar-refractivity contribution in [1.29, 1.82) is 0 Å². The van der Waals surface area contributed by atoms with Crippen LogP contribution in [-0.4, -0.2) is 35.3 Å². The number of ether oxygens (including phenoxy) is 1. The van der Waals surface area contributed by atoms with E-state index in [0.717, 1.165) is 22.2 Å². The average molecular weight is 657 g/mol. The Morgan fingerprint density at radius 1 is 0.763 bits per heavy atom. The molecule has 3 amide bonds. The van der Waals surface area contributed by atoms with Gasteiger partial charge in [0.15, 0.2) is 0 Å². The molecular weight excluding hydrogens is 638 g/mol. The average Bonchev–Trinajstić information content (AvgIpc) is 3.16. The highest BCUT2D eigenvalue weighted by Gasteiger charge is 2.58. The van der Waals surface area contributed by atoms with Crippen molar-refractivity contribution >= 4 is 85.7 Å². The first-order valence-electron chi connectivity index (χ1n) is 11.7. The van der Waals surface area contributed by atoms with Crippen LogP contribution in [-0.2, 0) is 4.79 Å². The summed E-state index contributed by atoms with van der Waals surface area (Å²) in [6.07, 6.45) is 1.94. The maximum absolute atomic E-state index is 13.6. The van der Waals surface area contributed by atoms with Crippen LogP contribution in [0.25, 0.3) is 0 Å². The van der Waals surface area contributed by atoms with Gasteiger partial charge in [-0.2, -0.15) is 0 Å². The van der Waals surface area contributed by atoms with E-state index in [2.05, 4.69) is 22.9 Å². The van der Waals surface area contributed by atoms with Crippen molar-refractivity contribution in [2.45, 2.75) is 31.8 Å². The van der Waals surface area contributed by atoms with E-state index in [0.29, 0.717) is 23.6 Å². The molecule has 1 saturated heterocycles. The zero-order chi connectivity index (χ0) is 27.3. The van der Waals surface area contributed by atoms with E-state index < -0.39 is 29.8 Å². The molecule has 0 bridgehead atoms. The molecule has 2 atom stereocenters. The lowest BCUT2D eigenvalue weighted by molar-refractivity contribution is -0.130. The third kappa shape index (κ3) is 4.38. The Balaban J connectivity index is 1.56. The van der Waals surface area contributed by atoms with E-state index in [1.165, 1.54) is 0 Å². The summed E-state index contributed by atoms with van der Waals surface area (Å²) in [5, 5.41) is -0.629. The molecule has 0 aliphatic carbocycles. The predicted octanol–water partition coefficient (Wildman–Crippen LogP) is 7.99. The Labute approximate surface area is 247 Å². The molecular formula is C27H19BrCl4N2O4. The maximum Gasteiger partial charge on any atom is 0.264 e. The first-order valence-corrected chi connectivity index (χ1v) is 14.0. The van der Waals surface area contributed by atoms with E-state index in [4.69, 9.17) is 51.1 Å². The third-order valence-corrected chi connectivity index (χ3v) is 8.90. The van der Waals surface area contributed by atoms with Crippen LogP contribution >= 0.6 is 62.3 Å². The van der Waals surface area contributed by atoms with Gasteiger partial charge >= 0.3 is 0 Å². The van der Waals surface area contributed by atoms with E-state index >= 15 is 0 Å². The largest absolute Gasteiger partial charge is 0.494 e. The Morgan fingerprint density at radius 3 is 1.84 bits per heavy atom. The van der Waals surface area contributed by atoms with Crippen molar-refractivity contribution in [1.82, 2.24) is 4.90 Å². The SMILES string of the molecule is CCCCOc1ccc([C@@H]2[C@H](N3C(=O)c4c(Cl)c(Cl)c(Cl)c(Cl)c4C3=O)C(=O)N2c2ccc(Br)cc2)cc1. The quantitative estimate of drug-likeness (QED) is 0.0850. The van der Waals surface area contributed by atoms with Crippen LogP contribution in [0, 0.1) is 0 Å². The van der Waals surface area contributed by atoms with Gasteiger partial charge in [0.25, 0.3) is 17.7 Å².